The molecule has 0 saturated carbocycles. The number of hydrogen-bond donors (Lipinski definition) is 0. The molecule has 0 atom stereocenters. The molecule has 2 aromatic rings. The minimum atomic E-state index is -0.281. The van der Waals surface area contributed by atoms with E-state index in [1.54, 1.807) is 6.20 Å². The van der Waals surface area contributed by atoms with Gasteiger partial charge in [0, 0.05) is 12.5 Å². The van der Waals surface area contributed by atoms with Gasteiger partial charge in [-0.3, -0.25) is 4.68 Å². The molecule has 6 heteroatoms. The van der Waals surface area contributed by atoms with Crippen molar-refractivity contribution in [3.63, 3.8) is 0 Å². The van der Waals surface area contributed by atoms with Gasteiger partial charge >= 0.3 is 7.12 Å². The predicted octanol–water partition coefficient (Wildman–Crippen LogP) is 3.76. The van der Waals surface area contributed by atoms with Crippen LogP contribution in [0.5, 0.6) is 0 Å². The molecule has 23 heavy (non-hydrogen) atoms. The lowest BCUT2D eigenvalue weighted by Gasteiger charge is -2.32. The first-order chi connectivity index (χ1) is 10.7. The molecule has 3 rings (SSSR count). The maximum absolute atomic E-state index is 6.05. The number of aromatic nitrogens is 2. The zero-order valence-corrected chi connectivity index (χ0v) is 14.8. The minimum absolute atomic E-state index is 0.198. The molecule has 1 aliphatic rings. The van der Waals surface area contributed by atoms with Crippen molar-refractivity contribution >= 4 is 18.7 Å². The van der Waals surface area contributed by atoms with Crippen molar-refractivity contribution in [3.05, 3.63) is 52.8 Å². The highest BCUT2D eigenvalue weighted by molar-refractivity contribution is 6.45. The van der Waals surface area contributed by atoms with E-state index in [1.807, 2.05) is 10.9 Å². The quantitative estimate of drug-likeness (QED) is 0.800. The van der Waals surface area contributed by atoms with Gasteiger partial charge in [-0.25, -0.2) is 0 Å². The van der Waals surface area contributed by atoms with Crippen LogP contribution in [0.25, 0.3) is 0 Å². The monoisotopic (exact) mass is 332 g/mol. The lowest BCUT2D eigenvalue weighted by atomic mass is 9.80. The molecule has 0 amide bonds. The Morgan fingerprint density at radius 1 is 1.04 bits per heavy atom. The second-order valence-corrected chi connectivity index (χ2v) is 7.50. The number of rotatable bonds is 4. The summed E-state index contributed by atoms with van der Waals surface area (Å²) in [6.07, 6.45) is 4.22. The molecule has 1 saturated heterocycles. The van der Waals surface area contributed by atoms with Gasteiger partial charge in [0.05, 0.1) is 29.0 Å². The normalized spacial score (nSPS) is 19.3. The van der Waals surface area contributed by atoms with Gasteiger partial charge in [-0.2, -0.15) is 5.10 Å². The molecule has 0 aliphatic carbocycles. The molecular weight excluding hydrogens is 310 g/mol. The maximum Gasteiger partial charge on any atom is 0.462 e. The Bertz CT molecular complexity index is 666. The maximum atomic E-state index is 6.05. The van der Waals surface area contributed by atoms with E-state index in [0.717, 1.165) is 6.32 Å². The van der Waals surface area contributed by atoms with Crippen LogP contribution in [0.2, 0.25) is 5.02 Å². The summed E-state index contributed by atoms with van der Waals surface area (Å²) in [5.74, 6) is 0. The first-order valence-corrected chi connectivity index (χ1v) is 8.24. The fourth-order valence-corrected chi connectivity index (χ4v) is 2.79. The summed E-state index contributed by atoms with van der Waals surface area (Å²) in [4.78, 5) is 0. The van der Waals surface area contributed by atoms with Gasteiger partial charge in [0.1, 0.15) is 0 Å². The molecule has 0 N–H and O–H groups in total. The second kappa shape index (κ2) is 5.97. The molecule has 0 unspecified atom stereocenters. The van der Waals surface area contributed by atoms with Crippen molar-refractivity contribution in [2.75, 3.05) is 0 Å². The Morgan fingerprint density at radius 3 is 2.13 bits per heavy atom. The lowest BCUT2D eigenvalue weighted by molar-refractivity contribution is 0.00578. The van der Waals surface area contributed by atoms with Crippen LogP contribution in [0.3, 0.4) is 0 Å². The van der Waals surface area contributed by atoms with Gasteiger partial charge in [0.2, 0.25) is 0 Å². The van der Waals surface area contributed by atoms with Gasteiger partial charge in [-0.05, 0) is 38.8 Å². The van der Waals surface area contributed by atoms with Crippen LogP contribution in [-0.4, -0.2) is 28.1 Å². The molecule has 4 nitrogen and oxygen atoms in total. The van der Waals surface area contributed by atoms with Crippen LogP contribution < -0.4 is 0 Å². The Balaban J connectivity index is 1.62. The molecule has 1 aliphatic heterocycles. The third-order valence-electron chi connectivity index (χ3n) is 4.67. The summed E-state index contributed by atoms with van der Waals surface area (Å²) in [5.41, 5.74) is 1.82. The van der Waals surface area contributed by atoms with Crippen LogP contribution in [0.1, 0.15) is 38.8 Å². The fourth-order valence-electron chi connectivity index (χ4n) is 2.63. The molecule has 1 aromatic heterocycles. The highest BCUT2D eigenvalue weighted by Crippen LogP contribution is 2.37. The van der Waals surface area contributed by atoms with Crippen molar-refractivity contribution in [3.8, 4) is 0 Å². The van der Waals surface area contributed by atoms with Crippen molar-refractivity contribution < 1.29 is 9.31 Å². The summed E-state index contributed by atoms with van der Waals surface area (Å²) in [6.45, 7) is 9.01. The molecule has 0 radical (unpaired) electrons. The third-order valence-corrected chi connectivity index (χ3v) is 4.87. The Kier molecular flexibility index (Phi) is 4.30. The zero-order chi connectivity index (χ0) is 16.7. The number of benzene rings is 1. The van der Waals surface area contributed by atoms with E-state index >= 15 is 0 Å². The first-order valence-electron chi connectivity index (χ1n) is 7.87. The Labute approximate surface area is 142 Å². The van der Waals surface area contributed by atoms with Crippen molar-refractivity contribution in [1.29, 1.82) is 0 Å². The van der Waals surface area contributed by atoms with E-state index in [1.165, 1.54) is 11.1 Å². The van der Waals surface area contributed by atoms with E-state index < -0.39 is 0 Å². The summed E-state index contributed by atoms with van der Waals surface area (Å²) < 4.78 is 13.9. The fraction of sp³-hybridized carbons (Fsp3) is 0.471. The van der Waals surface area contributed by atoms with Gasteiger partial charge < -0.3 is 9.31 Å². The SMILES string of the molecule is CC1(C)OB(Cc2ccc(Cn3cc(Cl)cn3)cc2)OC1(C)C. The number of hydrogen-bond acceptors (Lipinski definition) is 3. The molecular formula is C17H22BClN2O2. The first kappa shape index (κ1) is 16.6. The highest BCUT2D eigenvalue weighted by atomic mass is 35.5. The summed E-state index contributed by atoms with van der Waals surface area (Å²) >= 11 is 5.88. The van der Waals surface area contributed by atoms with Crippen LogP contribution in [-0.2, 0) is 22.2 Å². The number of nitrogens with zero attached hydrogens (tertiary/aromatic N) is 2. The minimum Gasteiger partial charge on any atom is -0.403 e. The molecule has 0 spiro atoms. The summed E-state index contributed by atoms with van der Waals surface area (Å²) in [5, 5.41) is 4.85. The van der Waals surface area contributed by atoms with E-state index in [2.05, 4.69) is 57.1 Å². The van der Waals surface area contributed by atoms with Crippen molar-refractivity contribution in [2.45, 2.75) is 51.8 Å². The van der Waals surface area contributed by atoms with Gasteiger partial charge in [0.15, 0.2) is 0 Å². The molecule has 122 valence electrons. The van der Waals surface area contributed by atoms with E-state index in [-0.39, 0.29) is 18.3 Å². The van der Waals surface area contributed by atoms with Crippen LogP contribution in [0.15, 0.2) is 36.7 Å². The van der Waals surface area contributed by atoms with Crippen molar-refractivity contribution in [1.82, 2.24) is 9.78 Å². The second-order valence-electron chi connectivity index (χ2n) is 7.06. The summed E-state index contributed by atoms with van der Waals surface area (Å²) in [7, 11) is -0.198. The van der Waals surface area contributed by atoms with Crippen LogP contribution >= 0.6 is 11.6 Å². The Hall–Kier alpha value is -1.30. The molecule has 1 aromatic carbocycles. The molecule has 1 fully saturated rings. The van der Waals surface area contributed by atoms with Gasteiger partial charge in [-0.1, -0.05) is 35.9 Å². The average molecular weight is 333 g/mol. The van der Waals surface area contributed by atoms with Gasteiger partial charge in [-0.15, -0.1) is 0 Å². The molecule has 2 heterocycles. The summed E-state index contributed by atoms with van der Waals surface area (Å²) in [6, 6.07) is 8.45. The van der Waals surface area contributed by atoms with E-state index in [9.17, 15) is 0 Å². The largest absolute Gasteiger partial charge is 0.462 e. The smallest absolute Gasteiger partial charge is 0.403 e. The van der Waals surface area contributed by atoms with Crippen LogP contribution in [0.4, 0.5) is 0 Å². The van der Waals surface area contributed by atoms with E-state index in [4.69, 9.17) is 20.9 Å². The zero-order valence-electron chi connectivity index (χ0n) is 14.0. The van der Waals surface area contributed by atoms with E-state index in [0.29, 0.717) is 11.6 Å². The Morgan fingerprint density at radius 2 is 1.61 bits per heavy atom. The number of halogens is 1. The molecule has 0 bridgehead atoms. The highest BCUT2D eigenvalue weighted by Gasteiger charge is 2.50. The lowest BCUT2D eigenvalue weighted by Crippen LogP contribution is -2.41. The predicted molar refractivity (Wildman–Crippen MR) is 92.6 cm³/mol. The third kappa shape index (κ3) is 3.62. The average Bonchev–Trinajstić information content (AvgIpc) is 2.93. The topological polar surface area (TPSA) is 36.3 Å². The van der Waals surface area contributed by atoms with Crippen LogP contribution in [0, 0.1) is 0 Å². The van der Waals surface area contributed by atoms with Gasteiger partial charge in [0.25, 0.3) is 0 Å². The van der Waals surface area contributed by atoms with Crippen molar-refractivity contribution in [2.24, 2.45) is 0 Å². The standard InChI is InChI=1S/C17H22BClN2O2/c1-16(2)17(3,4)23-18(22-16)9-13-5-7-14(8-6-13)11-21-12-15(19)10-20-21/h5-8,10,12H,9,11H2,1-4H3.